The number of carbonyl (C=O) groups is 2. The van der Waals surface area contributed by atoms with Crippen molar-refractivity contribution in [1.29, 1.82) is 0 Å². The Morgan fingerprint density at radius 1 is 1.11 bits per heavy atom. The van der Waals surface area contributed by atoms with Crippen LogP contribution in [0.2, 0.25) is 0 Å². The minimum Gasteiger partial charge on any atom is -0.381 e. The maximum absolute atomic E-state index is 12.9. The van der Waals surface area contributed by atoms with Gasteiger partial charge in [0.05, 0.1) is 0 Å². The van der Waals surface area contributed by atoms with E-state index in [2.05, 4.69) is 11.8 Å². The number of rotatable bonds is 5. The van der Waals surface area contributed by atoms with E-state index in [0.29, 0.717) is 12.5 Å². The van der Waals surface area contributed by atoms with E-state index in [1.165, 1.54) is 24.3 Å². The largest absolute Gasteiger partial charge is 0.381 e. The zero-order valence-corrected chi connectivity index (χ0v) is 13.8. The molecule has 1 aromatic carbocycles. The van der Waals surface area contributed by atoms with Gasteiger partial charge in [0.25, 0.3) is 24.7 Å². The molecule has 0 heterocycles. The van der Waals surface area contributed by atoms with Crippen LogP contribution in [0.3, 0.4) is 0 Å². The molecule has 4 N–H and O–H groups in total. The van der Waals surface area contributed by atoms with Crippen molar-refractivity contribution in [1.82, 2.24) is 10.8 Å². The predicted molar refractivity (Wildman–Crippen MR) is 84.9 cm³/mol. The summed E-state index contributed by atoms with van der Waals surface area (Å²) in [5, 5.41) is 20.3. The molecule has 0 aliphatic heterocycles. The molecule has 6 nitrogen and oxygen atoms in total. The van der Waals surface area contributed by atoms with E-state index in [1.807, 2.05) is 11.2 Å². The first-order valence-electron chi connectivity index (χ1n) is 7.24. The molecule has 0 radical (unpaired) electrons. The van der Waals surface area contributed by atoms with Gasteiger partial charge in [-0.3, -0.25) is 14.8 Å². The van der Waals surface area contributed by atoms with Gasteiger partial charge in [0.1, 0.15) is 6.04 Å². The summed E-state index contributed by atoms with van der Waals surface area (Å²) in [6.45, 7) is 0.622. The Hall–Kier alpha value is -3.08. The van der Waals surface area contributed by atoms with Gasteiger partial charge in [-0.05, 0) is 49.0 Å². The van der Waals surface area contributed by atoms with E-state index in [1.54, 1.807) is 5.92 Å². The van der Waals surface area contributed by atoms with Crippen LogP contribution in [0, 0.1) is 23.7 Å². The number of carbonyl (C=O) groups excluding carboxylic acids is 2. The fraction of sp³-hybridized carbons (Fsp3) is 0.294. The maximum Gasteiger partial charge on any atom is 0.299 e. The van der Waals surface area contributed by atoms with Crippen molar-refractivity contribution in [3.05, 3.63) is 35.4 Å². The van der Waals surface area contributed by atoms with Crippen LogP contribution in [0.1, 0.15) is 22.8 Å². The van der Waals surface area contributed by atoms with Crippen molar-refractivity contribution >= 4 is 11.8 Å². The SMILES string of the molecule is CC(O)(C(F)F)C(NC(=O)c1ccc(C#CC#CC(F)F)cc1)C(=O)NO. The summed E-state index contributed by atoms with van der Waals surface area (Å²) in [6.07, 6.45) is -6.20. The van der Waals surface area contributed by atoms with Crippen molar-refractivity contribution in [2.75, 3.05) is 0 Å². The lowest BCUT2D eigenvalue weighted by Gasteiger charge is -2.30. The monoisotopic (exact) mass is 386 g/mol. The highest BCUT2D eigenvalue weighted by Gasteiger charge is 2.46. The molecule has 1 rings (SSSR count). The summed E-state index contributed by atoms with van der Waals surface area (Å²) in [5.74, 6) is 5.68. The first kappa shape index (κ1) is 22.0. The molecule has 0 bridgehead atoms. The van der Waals surface area contributed by atoms with E-state index in [9.17, 15) is 32.3 Å². The molecule has 27 heavy (non-hydrogen) atoms. The first-order valence-corrected chi connectivity index (χ1v) is 7.24. The first-order chi connectivity index (χ1) is 12.6. The smallest absolute Gasteiger partial charge is 0.299 e. The summed E-state index contributed by atoms with van der Waals surface area (Å²) < 4.78 is 49.5. The van der Waals surface area contributed by atoms with Crippen molar-refractivity contribution in [3.8, 4) is 23.7 Å². The Bertz CT molecular complexity index is 802. The van der Waals surface area contributed by atoms with Crippen molar-refractivity contribution < 1.29 is 37.5 Å². The van der Waals surface area contributed by atoms with Crippen molar-refractivity contribution in [3.63, 3.8) is 0 Å². The molecule has 1 aromatic rings. The molecule has 2 atom stereocenters. The standard InChI is InChI=1S/C17H14F4N2O4/c1-17(26,16(20)21)13(15(25)23-27)22-14(24)11-8-6-10(7-9-11)4-2-3-5-12(18)19/h6-9,12-13,16,26-27H,1H3,(H,22,24)(H,23,25). The van der Waals surface area contributed by atoms with Crippen LogP contribution in [0.25, 0.3) is 0 Å². The van der Waals surface area contributed by atoms with Gasteiger partial charge in [-0.15, -0.1) is 0 Å². The topological polar surface area (TPSA) is 98.7 Å². The van der Waals surface area contributed by atoms with Gasteiger partial charge in [0.2, 0.25) is 0 Å². The number of hydrogen-bond acceptors (Lipinski definition) is 4. The summed E-state index contributed by atoms with van der Waals surface area (Å²) >= 11 is 0. The average molecular weight is 386 g/mol. The normalized spacial score (nSPS) is 13.5. The van der Waals surface area contributed by atoms with Crippen LogP contribution in [-0.2, 0) is 4.79 Å². The number of hydroxylamine groups is 1. The molecule has 0 fully saturated rings. The molecule has 0 aromatic heterocycles. The molecule has 0 aliphatic carbocycles. The van der Waals surface area contributed by atoms with Gasteiger partial charge in [0.15, 0.2) is 5.60 Å². The fourth-order valence-electron chi connectivity index (χ4n) is 1.78. The highest BCUT2D eigenvalue weighted by Crippen LogP contribution is 2.20. The molecular weight excluding hydrogens is 372 g/mol. The Labute approximate surface area is 151 Å². The van der Waals surface area contributed by atoms with Crippen LogP contribution >= 0.6 is 0 Å². The minimum absolute atomic E-state index is 0.0694. The number of halogens is 4. The molecular formula is C17H14F4N2O4. The Kier molecular flexibility index (Phi) is 7.79. The highest BCUT2D eigenvalue weighted by atomic mass is 19.3. The highest BCUT2D eigenvalue weighted by molar-refractivity contribution is 5.97. The zero-order valence-electron chi connectivity index (χ0n) is 13.8. The van der Waals surface area contributed by atoms with E-state index < -0.39 is 36.3 Å². The van der Waals surface area contributed by atoms with E-state index in [4.69, 9.17) is 5.21 Å². The second-order valence-electron chi connectivity index (χ2n) is 5.31. The number of aliphatic hydroxyl groups is 1. The molecule has 2 unspecified atom stereocenters. The van der Waals surface area contributed by atoms with E-state index >= 15 is 0 Å². The summed E-state index contributed by atoms with van der Waals surface area (Å²) in [5.41, 5.74) is -1.59. The molecule has 0 aliphatic rings. The van der Waals surface area contributed by atoms with Crippen molar-refractivity contribution in [2.45, 2.75) is 31.4 Å². The van der Waals surface area contributed by atoms with Crippen LogP contribution in [0.5, 0.6) is 0 Å². The third kappa shape index (κ3) is 6.29. The van der Waals surface area contributed by atoms with Gasteiger partial charge < -0.3 is 10.4 Å². The van der Waals surface area contributed by atoms with Crippen LogP contribution in [-0.4, -0.2) is 46.6 Å². The molecule has 144 valence electrons. The number of benzene rings is 1. The summed E-state index contributed by atoms with van der Waals surface area (Å²) in [4.78, 5) is 23.6. The lowest BCUT2D eigenvalue weighted by molar-refractivity contribution is -0.149. The van der Waals surface area contributed by atoms with Gasteiger partial charge in [-0.1, -0.05) is 5.92 Å². The lowest BCUT2D eigenvalue weighted by atomic mass is 9.95. The molecule has 0 saturated carbocycles. The van der Waals surface area contributed by atoms with E-state index in [-0.39, 0.29) is 5.56 Å². The molecule has 10 heteroatoms. The maximum atomic E-state index is 12.9. The van der Waals surface area contributed by atoms with Crippen LogP contribution in [0.15, 0.2) is 24.3 Å². The van der Waals surface area contributed by atoms with Gasteiger partial charge in [0, 0.05) is 11.1 Å². The predicted octanol–water partition coefficient (Wildman–Crippen LogP) is 0.927. The third-order valence-electron chi connectivity index (χ3n) is 3.27. The lowest BCUT2D eigenvalue weighted by Crippen LogP contribution is -2.61. The number of amides is 2. The second-order valence-corrected chi connectivity index (χ2v) is 5.31. The van der Waals surface area contributed by atoms with Gasteiger partial charge in [-0.2, -0.15) is 8.78 Å². The third-order valence-corrected chi connectivity index (χ3v) is 3.27. The summed E-state index contributed by atoms with van der Waals surface area (Å²) in [7, 11) is 0. The average Bonchev–Trinajstić information content (AvgIpc) is 2.62. The Morgan fingerprint density at radius 2 is 1.70 bits per heavy atom. The molecule has 0 spiro atoms. The second kappa shape index (κ2) is 9.57. The van der Waals surface area contributed by atoms with Crippen LogP contribution in [0.4, 0.5) is 17.6 Å². The van der Waals surface area contributed by atoms with Crippen LogP contribution < -0.4 is 10.8 Å². The molecule has 0 saturated heterocycles. The Morgan fingerprint density at radius 3 is 2.19 bits per heavy atom. The molecule has 2 amide bonds. The fourth-order valence-corrected chi connectivity index (χ4v) is 1.78. The summed E-state index contributed by atoms with van der Waals surface area (Å²) in [6, 6.07) is 2.98. The van der Waals surface area contributed by atoms with E-state index in [0.717, 1.165) is 5.48 Å². The zero-order chi connectivity index (χ0) is 20.6. The van der Waals surface area contributed by atoms with Gasteiger partial charge in [-0.25, -0.2) is 14.3 Å². The number of alkyl halides is 4. The van der Waals surface area contributed by atoms with Crippen molar-refractivity contribution in [2.24, 2.45) is 0 Å². The van der Waals surface area contributed by atoms with Gasteiger partial charge >= 0.3 is 0 Å². The quantitative estimate of drug-likeness (QED) is 0.262. The Balaban J connectivity index is 2.95. The number of nitrogens with one attached hydrogen (secondary N) is 2. The minimum atomic E-state index is -3.40. The number of hydrogen-bond donors (Lipinski definition) is 4.